The third-order valence-electron chi connectivity index (χ3n) is 3.33. The van der Waals surface area contributed by atoms with Crippen molar-refractivity contribution in [3.05, 3.63) is 46.5 Å². The van der Waals surface area contributed by atoms with Crippen LogP contribution >= 0.6 is 11.5 Å². The molecule has 0 unspecified atom stereocenters. The molecular weight excluding hydrogens is 232 g/mol. The maximum Gasteiger partial charge on any atom is 0.206 e. The van der Waals surface area contributed by atoms with Crippen molar-refractivity contribution in [3.63, 3.8) is 0 Å². The van der Waals surface area contributed by atoms with E-state index in [1.165, 1.54) is 31.0 Å². The Balaban J connectivity index is 1.82. The molecule has 0 saturated heterocycles. The van der Waals surface area contributed by atoms with Gasteiger partial charge in [0.2, 0.25) is 5.78 Å². The van der Waals surface area contributed by atoms with Crippen LogP contribution in [0, 0.1) is 0 Å². The van der Waals surface area contributed by atoms with Crippen molar-refractivity contribution in [1.82, 2.24) is 9.59 Å². The molecule has 3 nitrogen and oxygen atoms in total. The third kappa shape index (κ3) is 2.00. The predicted octanol–water partition coefficient (Wildman–Crippen LogP) is 3.04. The molecule has 3 rings (SSSR count). The van der Waals surface area contributed by atoms with Crippen LogP contribution in [0.5, 0.6) is 0 Å². The molecule has 1 saturated carbocycles. The molecule has 0 atom stereocenters. The fourth-order valence-corrected chi connectivity index (χ4v) is 2.54. The molecule has 1 heterocycles. The number of carbonyl (C=O) groups is 1. The molecule has 0 amide bonds. The highest BCUT2D eigenvalue weighted by Crippen LogP contribution is 2.36. The molecule has 0 bridgehead atoms. The number of rotatable bonds is 3. The molecule has 4 heteroatoms. The lowest BCUT2D eigenvalue weighted by Gasteiger charge is -2.25. The van der Waals surface area contributed by atoms with Gasteiger partial charge in [-0.05, 0) is 35.9 Å². The zero-order chi connectivity index (χ0) is 11.7. The molecule has 1 aromatic carbocycles. The van der Waals surface area contributed by atoms with E-state index in [2.05, 4.69) is 21.7 Å². The molecule has 0 aliphatic heterocycles. The van der Waals surface area contributed by atoms with Gasteiger partial charge < -0.3 is 0 Å². The molecule has 1 fully saturated rings. The van der Waals surface area contributed by atoms with E-state index in [0.29, 0.717) is 10.8 Å². The largest absolute Gasteiger partial charge is 0.288 e. The van der Waals surface area contributed by atoms with Gasteiger partial charge in [0.25, 0.3) is 0 Å². The first-order valence-corrected chi connectivity index (χ1v) is 6.54. The maximum absolute atomic E-state index is 12.0. The van der Waals surface area contributed by atoms with E-state index in [1.54, 1.807) is 0 Å². The summed E-state index contributed by atoms with van der Waals surface area (Å²) < 4.78 is 3.71. The molecule has 17 heavy (non-hydrogen) atoms. The fraction of sp³-hybridized carbons (Fsp3) is 0.308. The van der Waals surface area contributed by atoms with Gasteiger partial charge in [-0.1, -0.05) is 35.2 Å². The Hall–Kier alpha value is -1.55. The van der Waals surface area contributed by atoms with E-state index in [4.69, 9.17) is 0 Å². The average Bonchev–Trinajstić information content (AvgIpc) is 2.80. The Morgan fingerprint density at radius 3 is 2.53 bits per heavy atom. The molecule has 1 aromatic heterocycles. The lowest BCUT2D eigenvalue weighted by Crippen LogP contribution is -2.09. The monoisotopic (exact) mass is 244 g/mol. The Bertz CT molecular complexity index is 515. The van der Waals surface area contributed by atoms with Crippen molar-refractivity contribution in [3.8, 4) is 0 Å². The SMILES string of the molecule is O=C(c1ccc(C2CCC2)cc1)c1cnns1. The van der Waals surface area contributed by atoms with Gasteiger partial charge in [0.1, 0.15) is 4.88 Å². The van der Waals surface area contributed by atoms with Crippen LogP contribution in [-0.4, -0.2) is 15.4 Å². The van der Waals surface area contributed by atoms with E-state index < -0.39 is 0 Å². The first-order valence-electron chi connectivity index (χ1n) is 5.76. The number of hydrogen-bond acceptors (Lipinski definition) is 4. The summed E-state index contributed by atoms with van der Waals surface area (Å²) in [6.45, 7) is 0. The van der Waals surface area contributed by atoms with Gasteiger partial charge in [0.05, 0.1) is 6.20 Å². The second-order valence-electron chi connectivity index (χ2n) is 4.36. The van der Waals surface area contributed by atoms with Crippen LogP contribution in [0.4, 0.5) is 0 Å². The summed E-state index contributed by atoms with van der Waals surface area (Å²) in [6, 6.07) is 7.97. The summed E-state index contributed by atoms with van der Waals surface area (Å²) in [6.07, 6.45) is 5.42. The number of ketones is 1. The average molecular weight is 244 g/mol. The van der Waals surface area contributed by atoms with Crippen molar-refractivity contribution < 1.29 is 4.79 Å². The van der Waals surface area contributed by atoms with Crippen molar-refractivity contribution >= 4 is 17.3 Å². The smallest absolute Gasteiger partial charge is 0.206 e. The van der Waals surface area contributed by atoms with Gasteiger partial charge in [-0.25, -0.2) is 0 Å². The maximum atomic E-state index is 12.0. The minimum absolute atomic E-state index is 0.0140. The minimum Gasteiger partial charge on any atom is -0.288 e. The quantitative estimate of drug-likeness (QED) is 0.779. The summed E-state index contributed by atoms with van der Waals surface area (Å²) >= 11 is 1.14. The molecule has 1 aliphatic rings. The Labute approximate surface area is 104 Å². The summed E-state index contributed by atoms with van der Waals surface area (Å²) in [5.41, 5.74) is 2.08. The number of benzene rings is 1. The highest BCUT2D eigenvalue weighted by atomic mass is 32.1. The standard InChI is InChI=1S/C13H12N2OS/c16-13(12-8-14-15-17-12)11-6-4-10(5-7-11)9-2-1-3-9/h4-9H,1-3H2. The van der Waals surface area contributed by atoms with Crippen LogP contribution in [0.1, 0.15) is 46.0 Å². The number of hydrogen-bond donors (Lipinski definition) is 0. The number of nitrogens with zero attached hydrogens (tertiary/aromatic N) is 2. The van der Waals surface area contributed by atoms with Gasteiger partial charge in [-0.3, -0.25) is 4.79 Å². The molecule has 2 aromatic rings. The zero-order valence-corrected chi connectivity index (χ0v) is 10.1. The van der Waals surface area contributed by atoms with Crippen LogP contribution in [-0.2, 0) is 0 Å². The minimum atomic E-state index is 0.0140. The second kappa shape index (κ2) is 4.37. The van der Waals surface area contributed by atoms with Gasteiger partial charge in [0.15, 0.2) is 0 Å². The topological polar surface area (TPSA) is 42.9 Å². The highest BCUT2D eigenvalue weighted by Gasteiger charge is 2.19. The zero-order valence-electron chi connectivity index (χ0n) is 9.30. The lowest BCUT2D eigenvalue weighted by molar-refractivity contribution is 0.104. The van der Waals surface area contributed by atoms with E-state index in [-0.39, 0.29) is 5.78 Å². The molecule has 86 valence electrons. The predicted molar refractivity (Wildman–Crippen MR) is 66.4 cm³/mol. The van der Waals surface area contributed by atoms with Gasteiger partial charge in [0, 0.05) is 5.56 Å². The van der Waals surface area contributed by atoms with Crippen LogP contribution in [0.25, 0.3) is 0 Å². The fourth-order valence-electron chi connectivity index (χ4n) is 2.06. The van der Waals surface area contributed by atoms with E-state index >= 15 is 0 Å². The van der Waals surface area contributed by atoms with Crippen molar-refractivity contribution in [2.75, 3.05) is 0 Å². The first-order chi connectivity index (χ1) is 8.34. The molecule has 0 spiro atoms. The summed E-state index contributed by atoms with van der Waals surface area (Å²) in [7, 11) is 0. The van der Waals surface area contributed by atoms with Crippen molar-refractivity contribution in [1.29, 1.82) is 0 Å². The van der Waals surface area contributed by atoms with Crippen LogP contribution in [0.3, 0.4) is 0 Å². The molecule has 0 radical (unpaired) electrons. The molecular formula is C13H12N2OS. The van der Waals surface area contributed by atoms with Crippen molar-refractivity contribution in [2.45, 2.75) is 25.2 Å². The normalized spacial score (nSPS) is 15.5. The summed E-state index contributed by atoms with van der Waals surface area (Å²) in [4.78, 5) is 12.6. The third-order valence-corrected chi connectivity index (χ3v) is 4.00. The lowest BCUT2D eigenvalue weighted by atomic mass is 9.80. The number of carbonyl (C=O) groups excluding carboxylic acids is 1. The van der Waals surface area contributed by atoms with Crippen LogP contribution in [0.2, 0.25) is 0 Å². The number of aromatic nitrogens is 2. The summed E-state index contributed by atoms with van der Waals surface area (Å²) in [5.74, 6) is 0.726. The first kappa shape index (κ1) is 10.6. The van der Waals surface area contributed by atoms with E-state index in [1.807, 2.05) is 12.1 Å². The molecule has 1 aliphatic carbocycles. The highest BCUT2D eigenvalue weighted by molar-refractivity contribution is 7.08. The summed E-state index contributed by atoms with van der Waals surface area (Å²) in [5, 5.41) is 3.68. The van der Waals surface area contributed by atoms with Gasteiger partial charge >= 0.3 is 0 Å². The molecule has 0 N–H and O–H groups in total. The van der Waals surface area contributed by atoms with E-state index in [9.17, 15) is 4.79 Å². The van der Waals surface area contributed by atoms with Gasteiger partial charge in [-0.15, -0.1) is 5.10 Å². The Morgan fingerprint density at radius 2 is 2.00 bits per heavy atom. The van der Waals surface area contributed by atoms with E-state index in [0.717, 1.165) is 17.1 Å². The van der Waals surface area contributed by atoms with Crippen molar-refractivity contribution in [2.24, 2.45) is 0 Å². The Kier molecular flexibility index (Phi) is 2.73. The van der Waals surface area contributed by atoms with Crippen LogP contribution in [0.15, 0.2) is 30.5 Å². The van der Waals surface area contributed by atoms with Crippen LogP contribution < -0.4 is 0 Å². The Morgan fingerprint density at radius 1 is 1.24 bits per heavy atom. The van der Waals surface area contributed by atoms with Gasteiger partial charge in [-0.2, -0.15) is 0 Å². The second-order valence-corrected chi connectivity index (χ2v) is 5.15.